The lowest BCUT2D eigenvalue weighted by Gasteiger charge is -2.30. The first kappa shape index (κ1) is 11.9. The van der Waals surface area contributed by atoms with Gasteiger partial charge < -0.3 is 16.2 Å². The zero-order valence-corrected chi connectivity index (χ0v) is 9.29. The molecule has 0 saturated carbocycles. The molecule has 1 unspecified atom stereocenters. The smallest absolute Gasteiger partial charge is 0.0556 e. The van der Waals surface area contributed by atoms with E-state index in [1.165, 1.54) is 0 Å². The van der Waals surface area contributed by atoms with Crippen LogP contribution < -0.4 is 11.1 Å². The largest absolute Gasteiger partial charge is 0.395 e. The molecule has 0 radical (unpaired) electrons. The minimum absolute atomic E-state index is 0.0347. The molecule has 1 atom stereocenters. The van der Waals surface area contributed by atoms with Crippen molar-refractivity contribution in [3.63, 3.8) is 0 Å². The molecule has 14 heavy (non-hydrogen) atoms. The zero-order chi connectivity index (χ0) is 10.6. The second-order valence-electron chi connectivity index (χ2n) is 4.45. The molecule has 0 aliphatic carbocycles. The number of hydrogen-bond acceptors (Lipinski definition) is 4. The van der Waals surface area contributed by atoms with Crippen LogP contribution in [0.1, 0.15) is 20.3 Å². The molecule has 4 nitrogen and oxygen atoms in total. The maximum absolute atomic E-state index is 8.79. The van der Waals surface area contributed by atoms with Gasteiger partial charge in [0.15, 0.2) is 0 Å². The van der Waals surface area contributed by atoms with Crippen molar-refractivity contribution in [1.82, 2.24) is 10.2 Å². The van der Waals surface area contributed by atoms with Crippen molar-refractivity contribution in [2.75, 3.05) is 32.8 Å². The summed E-state index contributed by atoms with van der Waals surface area (Å²) in [6.07, 6.45) is 1.08. The number of β-amino-alcohol motifs (C(OH)–C–C–N with tert-alkyl or cyclic N) is 1. The van der Waals surface area contributed by atoms with Gasteiger partial charge in [-0.05, 0) is 20.3 Å². The van der Waals surface area contributed by atoms with Crippen LogP contribution in [0.3, 0.4) is 0 Å². The Kier molecular flexibility index (Phi) is 4.31. The van der Waals surface area contributed by atoms with Gasteiger partial charge in [0.1, 0.15) is 0 Å². The van der Waals surface area contributed by atoms with E-state index in [0.717, 1.165) is 19.5 Å². The zero-order valence-electron chi connectivity index (χ0n) is 9.29. The molecule has 1 rings (SSSR count). The maximum Gasteiger partial charge on any atom is 0.0556 e. The van der Waals surface area contributed by atoms with E-state index in [-0.39, 0.29) is 12.1 Å². The van der Waals surface area contributed by atoms with Crippen LogP contribution in [0.4, 0.5) is 0 Å². The van der Waals surface area contributed by atoms with Crippen LogP contribution in [-0.2, 0) is 0 Å². The third-order valence-corrected chi connectivity index (χ3v) is 3.12. The van der Waals surface area contributed by atoms with Gasteiger partial charge in [-0.3, -0.25) is 4.90 Å². The minimum atomic E-state index is 0.0347. The Bertz CT molecular complexity index is 175. The summed E-state index contributed by atoms with van der Waals surface area (Å²) in [5.41, 5.74) is 5.84. The molecule has 0 aromatic heterocycles. The fourth-order valence-electron chi connectivity index (χ4n) is 2.05. The van der Waals surface area contributed by atoms with E-state index in [4.69, 9.17) is 10.8 Å². The topological polar surface area (TPSA) is 61.5 Å². The number of aliphatic hydroxyl groups excluding tert-OH is 1. The van der Waals surface area contributed by atoms with E-state index in [1.807, 2.05) is 0 Å². The van der Waals surface area contributed by atoms with Gasteiger partial charge in [0.2, 0.25) is 0 Å². The summed E-state index contributed by atoms with van der Waals surface area (Å²) in [6, 6.07) is 0.583. The number of likely N-dealkylation sites (tertiary alicyclic amines) is 1. The van der Waals surface area contributed by atoms with Gasteiger partial charge in [-0.25, -0.2) is 0 Å². The summed E-state index contributed by atoms with van der Waals surface area (Å²) < 4.78 is 0. The Morgan fingerprint density at radius 1 is 1.57 bits per heavy atom. The van der Waals surface area contributed by atoms with Gasteiger partial charge in [-0.1, -0.05) is 0 Å². The summed E-state index contributed by atoms with van der Waals surface area (Å²) in [6.45, 7) is 7.99. The number of aliphatic hydroxyl groups is 1. The summed E-state index contributed by atoms with van der Waals surface area (Å²) in [5.74, 6) is 0. The van der Waals surface area contributed by atoms with Gasteiger partial charge in [0.05, 0.1) is 6.61 Å². The predicted octanol–water partition coefficient (Wildman–Crippen LogP) is -0.620. The van der Waals surface area contributed by atoms with E-state index in [2.05, 4.69) is 24.1 Å². The number of nitrogens with zero attached hydrogens (tertiary/aromatic N) is 1. The second kappa shape index (κ2) is 5.07. The highest BCUT2D eigenvalue weighted by atomic mass is 16.3. The summed E-state index contributed by atoms with van der Waals surface area (Å²) in [4.78, 5) is 2.43. The van der Waals surface area contributed by atoms with Crippen LogP contribution in [0.25, 0.3) is 0 Å². The van der Waals surface area contributed by atoms with E-state index >= 15 is 0 Å². The summed E-state index contributed by atoms with van der Waals surface area (Å²) >= 11 is 0. The van der Waals surface area contributed by atoms with Crippen LogP contribution in [0.5, 0.6) is 0 Å². The van der Waals surface area contributed by atoms with Crippen molar-refractivity contribution < 1.29 is 5.11 Å². The van der Waals surface area contributed by atoms with Crippen molar-refractivity contribution in [3.8, 4) is 0 Å². The standard InChI is InChI=1S/C10H23N3O/c1-9(2)13-5-3-10(7-11,8-13)12-4-6-14/h9,12,14H,3-8,11H2,1-2H3. The maximum atomic E-state index is 8.79. The molecule has 4 N–H and O–H groups in total. The van der Waals surface area contributed by atoms with E-state index in [9.17, 15) is 0 Å². The lowest BCUT2D eigenvalue weighted by atomic mass is 9.99. The normalized spacial score (nSPS) is 28.9. The van der Waals surface area contributed by atoms with E-state index in [1.54, 1.807) is 0 Å². The first-order valence-electron chi connectivity index (χ1n) is 5.43. The highest BCUT2D eigenvalue weighted by Gasteiger charge is 2.36. The molecular weight excluding hydrogens is 178 g/mol. The summed E-state index contributed by atoms with van der Waals surface area (Å²) in [5, 5.41) is 12.2. The molecular formula is C10H23N3O. The monoisotopic (exact) mass is 201 g/mol. The quantitative estimate of drug-likeness (QED) is 0.555. The summed E-state index contributed by atoms with van der Waals surface area (Å²) in [7, 11) is 0. The molecule has 1 fully saturated rings. The molecule has 0 amide bonds. The molecule has 1 aliphatic heterocycles. The van der Waals surface area contributed by atoms with Crippen molar-refractivity contribution in [2.45, 2.75) is 31.8 Å². The van der Waals surface area contributed by atoms with Gasteiger partial charge in [-0.15, -0.1) is 0 Å². The number of rotatable bonds is 5. The number of hydrogen-bond donors (Lipinski definition) is 3. The van der Waals surface area contributed by atoms with Crippen molar-refractivity contribution >= 4 is 0 Å². The van der Waals surface area contributed by atoms with Crippen molar-refractivity contribution in [3.05, 3.63) is 0 Å². The minimum Gasteiger partial charge on any atom is -0.395 e. The Labute approximate surface area is 86.5 Å². The Morgan fingerprint density at radius 2 is 2.29 bits per heavy atom. The van der Waals surface area contributed by atoms with Crippen molar-refractivity contribution in [2.24, 2.45) is 5.73 Å². The highest BCUT2D eigenvalue weighted by Crippen LogP contribution is 2.21. The van der Waals surface area contributed by atoms with Crippen LogP contribution in [0.15, 0.2) is 0 Å². The van der Waals surface area contributed by atoms with E-state index < -0.39 is 0 Å². The molecule has 1 saturated heterocycles. The predicted molar refractivity (Wildman–Crippen MR) is 58.2 cm³/mol. The van der Waals surface area contributed by atoms with Crippen LogP contribution in [0, 0.1) is 0 Å². The van der Waals surface area contributed by atoms with Crippen molar-refractivity contribution in [1.29, 1.82) is 0 Å². The average Bonchev–Trinajstić information content (AvgIpc) is 2.60. The molecule has 0 aromatic carbocycles. The first-order chi connectivity index (χ1) is 6.63. The fraction of sp³-hybridized carbons (Fsp3) is 1.00. The third-order valence-electron chi connectivity index (χ3n) is 3.12. The lowest BCUT2D eigenvalue weighted by Crippen LogP contribution is -2.54. The number of nitrogens with one attached hydrogen (secondary N) is 1. The van der Waals surface area contributed by atoms with Gasteiger partial charge >= 0.3 is 0 Å². The molecule has 0 spiro atoms. The SMILES string of the molecule is CC(C)N1CCC(CN)(NCCO)C1. The third kappa shape index (κ3) is 2.67. The molecule has 84 valence electrons. The van der Waals surface area contributed by atoms with Gasteiger partial charge in [0.25, 0.3) is 0 Å². The molecule has 1 aliphatic rings. The lowest BCUT2D eigenvalue weighted by molar-refractivity contribution is 0.225. The first-order valence-corrected chi connectivity index (χ1v) is 5.43. The Morgan fingerprint density at radius 3 is 2.71 bits per heavy atom. The van der Waals surface area contributed by atoms with Crippen LogP contribution in [-0.4, -0.2) is 54.4 Å². The molecule has 4 heteroatoms. The van der Waals surface area contributed by atoms with Gasteiger partial charge in [0, 0.05) is 37.8 Å². The number of nitrogens with two attached hydrogens (primary N) is 1. The molecule has 0 aromatic rings. The average molecular weight is 201 g/mol. The fourth-order valence-corrected chi connectivity index (χ4v) is 2.05. The molecule has 0 bridgehead atoms. The van der Waals surface area contributed by atoms with Crippen LogP contribution >= 0.6 is 0 Å². The van der Waals surface area contributed by atoms with Crippen LogP contribution in [0.2, 0.25) is 0 Å². The molecule has 1 heterocycles. The Balaban J connectivity index is 2.48. The second-order valence-corrected chi connectivity index (χ2v) is 4.45. The highest BCUT2D eigenvalue weighted by molar-refractivity contribution is 4.98. The van der Waals surface area contributed by atoms with Gasteiger partial charge in [-0.2, -0.15) is 0 Å². The van der Waals surface area contributed by atoms with E-state index in [0.29, 0.717) is 19.1 Å². The Hall–Kier alpha value is -0.160.